The number of aromatic nitrogens is 4. The highest BCUT2D eigenvalue weighted by Crippen LogP contribution is 2.26. The zero-order valence-corrected chi connectivity index (χ0v) is 19.1. The molecule has 1 aliphatic rings. The van der Waals surface area contributed by atoms with Gasteiger partial charge in [0.05, 0.1) is 35.4 Å². The SMILES string of the molecule is Cc1nc(/C(N)=C(\CNc2ncn(CC(C)C)n2)N(C)N)ccc1OC1CCCCC1. The number of anilines is 1. The Hall–Kier alpha value is -2.81. The van der Waals surface area contributed by atoms with Crippen LogP contribution in [0.4, 0.5) is 5.95 Å². The summed E-state index contributed by atoms with van der Waals surface area (Å²) in [6.45, 7) is 7.42. The van der Waals surface area contributed by atoms with Crippen LogP contribution in [0.5, 0.6) is 5.75 Å². The molecule has 2 aromatic heterocycles. The molecule has 0 aliphatic heterocycles. The molecule has 0 saturated heterocycles. The number of hydrogen-bond donors (Lipinski definition) is 3. The highest BCUT2D eigenvalue weighted by atomic mass is 16.5. The second kappa shape index (κ2) is 10.5. The van der Waals surface area contributed by atoms with Gasteiger partial charge in [-0.3, -0.25) is 4.68 Å². The van der Waals surface area contributed by atoms with E-state index >= 15 is 0 Å². The van der Waals surface area contributed by atoms with Gasteiger partial charge in [-0.1, -0.05) is 20.3 Å². The topological polar surface area (TPSA) is 120 Å². The van der Waals surface area contributed by atoms with Gasteiger partial charge in [-0.05, 0) is 50.7 Å². The molecule has 3 rings (SSSR count). The summed E-state index contributed by atoms with van der Waals surface area (Å²) < 4.78 is 8.00. The summed E-state index contributed by atoms with van der Waals surface area (Å²) in [6.07, 6.45) is 7.98. The van der Waals surface area contributed by atoms with Crippen molar-refractivity contribution in [3.05, 3.63) is 35.5 Å². The Kier molecular flexibility index (Phi) is 7.73. The average Bonchev–Trinajstić information content (AvgIpc) is 3.16. The van der Waals surface area contributed by atoms with Gasteiger partial charge >= 0.3 is 0 Å². The Morgan fingerprint density at radius 1 is 1.29 bits per heavy atom. The molecule has 170 valence electrons. The van der Waals surface area contributed by atoms with Crippen LogP contribution in [0.3, 0.4) is 0 Å². The Morgan fingerprint density at radius 3 is 2.68 bits per heavy atom. The first-order valence-corrected chi connectivity index (χ1v) is 11.1. The molecule has 2 heterocycles. The minimum absolute atomic E-state index is 0.283. The van der Waals surface area contributed by atoms with Gasteiger partial charge in [0.15, 0.2) is 0 Å². The van der Waals surface area contributed by atoms with Gasteiger partial charge in [-0.15, -0.1) is 5.10 Å². The van der Waals surface area contributed by atoms with Crippen LogP contribution in [0.1, 0.15) is 57.3 Å². The number of pyridine rings is 1. The first-order chi connectivity index (χ1) is 14.8. The molecule has 1 aliphatic carbocycles. The Labute approximate surface area is 184 Å². The van der Waals surface area contributed by atoms with E-state index in [-0.39, 0.29) is 6.10 Å². The number of rotatable bonds is 9. The van der Waals surface area contributed by atoms with Crippen molar-refractivity contribution in [2.24, 2.45) is 17.5 Å². The van der Waals surface area contributed by atoms with Gasteiger partial charge in [-0.25, -0.2) is 15.8 Å². The van der Waals surface area contributed by atoms with Crippen LogP contribution in [0.2, 0.25) is 0 Å². The second-order valence-electron chi connectivity index (χ2n) is 8.67. The van der Waals surface area contributed by atoms with Crippen LogP contribution >= 0.6 is 0 Å². The molecular weight excluding hydrogens is 392 g/mol. The number of likely N-dealkylation sites (N-methyl/N-ethyl adjacent to an activating group) is 1. The van der Waals surface area contributed by atoms with E-state index in [1.54, 1.807) is 13.4 Å². The van der Waals surface area contributed by atoms with E-state index in [0.717, 1.165) is 30.8 Å². The number of hydrazine groups is 1. The number of aryl methyl sites for hydroxylation is 1. The summed E-state index contributed by atoms with van der Waals surface area (Å²) in [7, 11) is 1.75. The molecule has 5 N–H and O–H groups in total. The maximum Gasteiger partial charge on any atom is 0.242 e. The summed E-state index contributed by atoms with van der Waals surface area (Å²) in [5.74, 6) is 7.91. The van der Waals surface area contributed by atoms with Gasteiger partial charge in [-0.2, -0.15) is 0 Å². The average molecular weight is 429 g/mol. The van der Waals surface area contributed by atoms with E-state index in [2.05, 4.69) is 34.2 Å². The lowest BCUT2D eigenvalue weighted by Crippen LogP contribution is -2.32. The minimum atomic E-state index is 0.283. The van der Waals surface area contributed by atoms with Gasteiger partial charge in [0.25, 0.3) is 0 Å². The van der Waals surface area contributed by atoms with E-state index in [1.807, 2.05) is 23.7 Å². The van der Waals surface area contributed by atoms with E-state index in [0.29, 0.717) is 35.5 Å². The normalized spacial score (nSPS) is 15.7. The molecule has 0 unspecified atom stereocenters. The molecule has 2 aromatic rings. The molecule has 1 fully saturated rings. The van der Waals surface area contributed by atoms with Crippen molar-refractivity contribution < 1.29 is 4.74 Å². The molecule has 1 saturated carbocycles. The molecule has 0 aromatic carbocycles. The van der Waals surface area contributed by atoms with E-state index in [4.69, 9.17) is 16.3 Å². The highest BCUT2D eigenvalue weighted by Gasteiger charge is 2.17. The fourth-order valence-corrected chi connectivity index (χ4v) is 3.74. The lowest BCUT2D eigenvalue weighted by atomic mass is 9.98. The molecular formula is C22H36N8O. The highest BCUT2D eigenvalue weighted by molar-refractivity contribution is 5.64. The van der Waals surface area contributed by atoms with Crippen LogP contribution in [-0.2, 0) is 6.54 Å². The van der Waals surface area contributed by atoms with E-state index in [1.165, 1.54) is 24.3 Å². The summed E-state index contributed by atoms with van der Waals surface area (Å²) in [5.41, 5.74) is 9.15. The van der Waals surface area contributed by atoms with Gasteiger partial charge in [0.1, 0.15) is 12.1 Å². The monoisotopic (exact) mass is 428 g/mol. The molecule has 9 heteroatoms. The van der Waals surface area contributed by atoms with Gasteiger partial charge in [0, 0.05) is 13.6 Å². The smallest absolute Gasteiger partial charge is 0.242 e. The van der Waals surface area contributed by atoms with Crippen LogP contribution in [-0.4, -0.2) is 44.5 Å². The number of nitrogens with two attached hydrogens (primary N) is 2. The van der Waals surface area contributed by atoms with Gasteiger partial charge in [0.2, 0.25) is 5.95 Å². The van der Waals surface area contributed by atoms with E-state index in [9.17, 15) is 0 Å². The van der Waals surface area contributed by atoms with Crippen LogP contribution in [0.15, 0.2) is 24.2 Å². The van der Waals surface area contributed by atoms with Crippen molar-refractivity contribution in [2.75, 3.05) is 18.9 Å². The van der Waals surface area contributed by atoms with Crippen molar-refractivity contribution in [3.8, 4) is 5.75 Å². The van der Waals surface area contributed by atoms with Crippen LogP contribution in [0.25, 0.3) is 5.70 Å². The molecule has 9 nitrogen and oxygen atoms in total. The summed E-state index contributed by atoms with van der Waals surface area (Å²) in [6, 6.07) is 3.84. The molecule has 0 radical (unpaired) electrons. The van der Waals surface area contributed by atoms with Crippen LogP contribution in [0, 0.1) is 12.8 Å². The van der Waals surface area contributed by atoms with Crippen molar-refractivity contribution in [3.63, 3.8) is 0 Å². The van der Waals surface area contributed by atoms with Crippen molar-refractivity contribution in [2.45, 2.75) is 65.5 Å². The third kappa shape index (κ3) is 6.33. The number of nitrogens with one attached hydrogen (secondary N) is 1. The van der Waals surface area contributed by atoms with Crippen molar-refractivity contribution in [1.29, 1.82) is 0 Å². The minimum Gasteiger partial charge on any atom is -0.489 e. The number of nitrogens with zero attached hydrogens (tertiary/aromatic N) is 5. The van der Waals surface area contributed by atoms with Crippen molar-refractivity contribution >= 4 is 11.6 Å². The third-order valence-electron chi connectivity index (χ3n) is 5.40. The summed E-state index contributed by atoms with van der Waals surface area (Å²) in [4.78, 5) is 8.98. The maximum atomic E-state index is 6.45. The Morgan fingerprint density at radius 2 is 2.03 bits per heavy atom. The largest absolute Gasteiger partial charge is 0.489 e. The van der Waals surface area contributed by atoms with Gasteiger partial charge < -0.3 is 20.8 Å². The van der Waals surface area contributed by atoms with E-state index < -0.39 is 0 Å². The predicted molar refractivity (Wildman–Crippen MR) is 123 cm³/mol. The lowest BCUT2D eigenvalue weighted by Gasteiger charge is -2.24. The number of hydrogen-bond acceptors (Lipinski definition) is 8. The first-order valence-electron chi connectivity index (χ1n) is 11.1. The van der Waals surface area contributed by atoms with Crippen molar-refractivity contribution in [1.82, 2.24) is 24.8 Å². The zero-order chi connectivity index (χ0) is 22.4. The lowest BCUT2D eigenvalue weighted by molar-refractivity contribution is 0.153. The standard InChI is InChI=1S/C22H36N8O/c1-15(2)13-30-14-26-22(28-30)25-12-19(29(4)24)21(23)18-10-11-20(16(3)27-18)31-17-8-6-5-7-9-17/h10-11,14-15,17H,5-9,12-13,23-24H2,1-4H3,(H,25,28)/b21-19-. The zero-order valence-electron chi connectivity index (χ0n) is 19.1. The quantitative estimate of drug-likeness (QED) is 0.412. The Bertz CT molecular complexity index is 883. The molecule has 0 atom stereocenters. The first kappa shape index (κ1) is 22.9. The predicted octanol–water partition coefficient (Wildman–Crippen LogP) is 2.89. The molecule has 31 heavy (non-hydrogen) atoms. The second-order valence-corrected chi connectivity index (χ2v) is 8.67. The fourth-order valence-electron chi connectivity index (χ4n) is 3.74. The molecule has 0 spiro atoms. The Balaban J connectivity index is 1.71. The molecule has 0 amide bonds. The molecule has 0 bridgehead atoms. The fraction of sp³-hybridized carbons (Fsp3) is 0.591. The van der Waals surface area contributed by atoms with Crippen LogP contribution < -0.4 is 21.6 Å². The summed E-state index contributed by atoms with van der Waals surface area (Å²) in [5, 5.41) is 9.13. The summed E-state index contributed by atoms with van der Waals surface area (Å²) >= 11 is 0. The third-order valence-corrected chi connectivity index (χ3v) is 5.40. The number of ether oxygens (including phenoxy) is 1. The maximum absolute atomic E-state index is 6.45.